The molecule has 1 aromatic carbocycles. The summed E-state index contributed by atoms with van der Waals surface area (Å²) < 4.78 is 17.2. The Kier molecular flexibility index (Phi) is 8.79. The number of likely N-dealkylation sites (N-methyl/N-ethyl adjacent to an activating group) is 1. The highest BCUT2D eigenvalue weighted by Gasteiger charge is 2.18. The van der Waals surface area contributed by atoms with Crippen molar-refractivity contribution >= 4 is 5.96 Å². The maximum atomic E-state index is 6.16. The monoisotopic (exact) mass is 428 g/mol. The van der Waals surface area contributed by atoms with Crippen LogP contribution in [-0.4, -0.2) is 57.9 Å². The molecule has 1 aromatic heterocycles. The van der Waals surface area contributed by atoms with E-state index in [2.05, 4.69) is 47.6 Å². The SMILES string of the molecule is CCNC(=NCc1ccc(C)cc1OCC1CCOC1)NCC(c1ccco1)N(C)C. The van der Waals surface area contributed by atoms with Crippen LogP contribution in [0.5, 0.6) is 5.75 Å². The van der Waals surface area contributed by atoms with E-state index in [-0.39, 0.29) is 6.04 Å². The van der Waals surface area contributed by atoms with E-state index in [0.29, 0.717) is 25.6 Å². The van der Waals surface area contributed by atoms with Crippen LogP contribution in [0.3, 0.4) is 0 Å². The zero-order valence-corrected chi connectivity index (χ0v) is 19.2. The number of nitrogens with one attached hydrogen (secondary N) is 2. The fourth-order valence-electron chi connectivity index (χ4n) is 3.57. The van der Waals surface area contributed by atoms with E-state index in [0.717, 1.165) is 49.2 Å². The number of benzene rings is 1. The van der Waals surface area contributed by atoms with Gasteiger partial charge in [-0.2, -0.15) is 0 Å². The molecule has 2 atom stereocenters. The molecule has 0 aliphatic carbocycles. The fraction of sp³-hybridized carbons (Fsp3) is 0.542. The van der Waals surface area contributed by atoms with Crippen LogP contribution in [-0.2, 0) is 11.3 Å². The third-order valence-electron chi connectivity index (χ3n) is 5.43. The van der Waals surface area contributed by atoms with Crippen molar-refractivity contribution in [2.45, 2.75) is 32.9 Å². The number of nitrogens with zero attached hydrogens (tertiary/aromatic N) is 2. The lowest BCUT2D eigenvalue weighted by molar-refractivity contribution is 0.166. The molecule has 7 nitrogen and oxygen atoms in total. The highest BCUT2D eigenvalue weighted by Crippen LogP contribution is 2.23. The molecule has 0 saturated carbocycles. The lowest BCUT2D eigenvalue weighted by Gasteiger charge is -2.23. The molecule has 1 saturated heterocycles. The first-order chi connectivity index (χ1) is 15.1. The van der Waals surface area contributed by atoms with Crippen LogP contribution in [0.4, 0.5) is 0 Å². The topological polar surface area (TPSA) is 71.3 Å². The van der Waals surface area contributed by atoms with Crippen molar-refractivity contribution in [2.75, 3.05) is 47.0 Å². The predicted octanol–water partition coefficient (Wildman–Crippen LogP) is 3.36. The number of aryl methyl sites for hydroxylation is 1. The molecule has 0 amide bonds. The van der Waals surface area contributed by atoms with Crippen molar-refractivity contribution in [1.29, 1.82) is 0 Å². The van der Waals surface area contributed by atoms with Crippen LogP contribution in [0.25, 0.3) is 0 Å². The van der Waals surface area contributed by atoms with Gasteiger partial charge in [0.05, 0.1) is 32.1 Å². The zero-order chi connectivity index (χ0) is 22.1. The molecule has 2 N–H and O–H groups in total. The Morgan fingerprint density at radius 1 is 1.29 bits per heavy atom. The molecular formula is C24H36N4O3. The minimum absolute atomic E-state index is 0.116. The molecule has 0 bridgehead atoms. The second kappa shape index (κ2) is 11.8. The smallest absolute Gasteiger partial charge is 0.191 e. The van der Waals surface area contributed by atoms with E-state index in [1.165, 1.54) is 5.56 Å². The largest absolute Gasteiger partial charge is 0.493 e. The van der Waals surface area contributed by atoms with E-state index in [1.807, 2.05) is 26.2 Å². The van der Waals surface area contributed by atoms with Gasteiger partial charge in [-0.25, -0.2) is 4.99 Å². The number of guanidine groups is 1. The Morgan fingerprint density at radius 3 is 2.84 bits per heavy atom. The van der Waals surface area contributed by atoms with Gasteiger partial charge in [-0.15, -0.1) is 0 Å². The van der Waals surface area contributed by atoms with Crippen molar-refractivity contribution in [3.8, 4) is 5.75 Å². The van der Waals surface area contributed by atoms with E-state index >= 15 is 0 Å². The molecule has 1 aliphatic rings. The molecule has 2 heterocycles. The molecule has 0 spiro atoms. The van der Waals surface area contributed by atoms with Gasteiger partial charge in [0.15, 0.2) is 5.96 Å². The number of ether oxygens (including phenoxy) is 2. The first kappa shape index (κ1) is 23.2. The van der Waals surface area contributed by atoms with E-state index < -0.39 is 0 Å². The van der Waals surface area contributed by atoms with Crippen LogP contribution in [0, 0.1) is 12.8 Å². The maximum Gasteiger partial charge on any atom is 0.191 e. The molecule has 31 heavy (non-hydrogen) atoms. The molecule has 2 unspecified atom stereocenters. The summed E-state index contributed by atoms with van der Waals surface area (Å²) in [5, 5.41) is 6.78. The standard InChI is InChI=1S/C24H36N4O3/c1-5-25-24(27-15-21(28(3)4)22-7-6-11-30-22)26-14-20-9-8-18(2)13-23(20)31-17-19-10-12-29-16-19/h6-9,11,13,19,21H,5,10,12,14-17H2,1-4H3,(H2,25,26,27). The van der Waals surface area contributed by atoms with Gasteiger partial charge in [0.1, 0.15) is 11.5 Å². The minimum atomic E-state index is 0.116. The Hall–Kier alpha value is -2.51. The number of aliphatic imine (C=N–C) groups is 1. The lowest BCUT2D eigenvalue weighted by Crippen LogP contribution is -2.41. The minimum Gasteiger partial charge on any atom is -0.493 e. The first-order valence-electron chi connectivity index (χ1n) is 11.1. The summed E-state index contributed by atoms with van der Waals surface area (Å²) in [5.74, 6) is 3.09. The van der Waals surface area contributed by atoms with Gasteiger partial charge in [-0.1, -0.05) is 12.1 Å². The van der Waals surface area contributed by atoms with Gasteiger partial charge in [0.2, 0.25) is 0 Å². The van der Waals surface area contributed by atoms with Crippen molar-refractivity contribution in [3.63, 3.8) is 0 Å². The normalized spacial score (nSPS) is 17.7. The number of rotatable bonds is 10. The second-order valence-corrected chi connectivity index (χ2v) is 8.22. The third-order valence-corrected chi connectivity index (χ3v) is 5.43. The van der Waals surface area contributed by atoms with Crippen LogP contribution in [0.2, 0.25) is 0 Å². The van der Waals surface area contributed by atoms with Crippen molar-refractivity contribution in [3.05, 3.63) is 53.5 Å². The molecular weight excluding hydrogens is 392 g/mol. The van der Waals surface area contributed by atoms with Gasteiger partial charge < -0.3 is 24.5 Å². The summed E-state index contributed by atoms with van der Waals surface area (Å²) in [7, 11) is 4.09. The molecule has 7 heteroatoms. The summed E-state index contributed by atoms with van der Waals surface area (Å²) in [4.78, 5) is 6.94. The quantitative estimate of drug-likeness (QED) is 0.447. The van der Waals surface area contributed by atoms with Crippen molar-refractivity contribution in [1.82, 2.24) is 15.5 Å². The summed E-state index contributed by atoms with van der Waals surface area (Å²) in [6.45, 7) is 8.48. The molecule has 3 rings (SSSR count). The van der Waals surface area contributed by atoms with E-state index in [4.69, 9.17) is 18.9 Å². The number of hydrogen-bond donors (Lipinski definition) is 2. The van der Waals surface area contributed by atoms with Crippen LogP contribution >= 0.6 is 0 Å². The zero-order valence-electron chi connectivity index (χ0n) is 19.2. The van der Waals surface area contributed by atoms with Crippen molar-refractivity contribution < 1.29 is 13.9 Å². The first-order valence-corrected chi connectivity index (χ1v) is 11.1. The summed E-state index contributed by atoms with van der Waals surface area (Å²) in [6, 6.07) is 10.3. The molecule has 2 aromatic rings. The highest BCUT2D eigenvalue weighted by molar-refractivity contribution is 5.79. The molecule has 1 fully saturated rings. The van der Waals surface area contributed by atoms with Crippen molar-refractivity contribution in [2.24, 2.45) is 10.9 Å². The second-order valence-electron chi connectivity index (χ2n) is 8.22. The average molecular weight is 429 g/mol. The van der Waals surface area contributed by atoms with E-state index in [9.17, 15) is 0 Å². The third kappa shape index (κ3) is 7.01. The summed E-state index contributed by atoms with van der Waals surface area (Å²) >= 11 is 0. The van der Waals surface area contributed by atoms with Gasteiger partial charge in [0, 0.05) is 31.2 Å². The van der Waals surface area contributed by atoms with Gasteiger partial charge >= 0.3 is 0 Å². The van der Waals surface area contributed by atoms with Gasteiger partial charge in [0.25, 0.3) is 0 Å². The Bertz CT molecular complexity index is 814. The Labute approximate surface area is 185 Å². The molecule has 1 aliphatic heterocycles. The highest BCUT2D eigenvalue weighted by atomic mass is 16.5. The van der Waals surface area contributed by atoms with Crippen LogP contribution in [0.1, 0.15) is 36.3 Å². The Morgan fingerprint density at radius 2 is 2.16 bits per heavy atom. The number of furan rings is 1. The predicted molar refractivity (Wildman–Crippen MR) is 124 cm³/mol. The lowest BCUT2D eigenvalue weighted by atomic mass is 10.1. The maximum absolute atomic E-state index is 6.16. The summed E-state index contributed by atoms with van der Waals surface area (Å²) in [6.07, 6.45) is 2.78. The average Bonchev–Trinajstić information content (AvgIpc) is 3.45. The molecule has 170 valence electrons. The fourth-order valence-corrected chi connectivity index (χ4v) is 3.57. The summed E-state index contributed by atoms with van der Waals surface area (Å²) in [5.41, 5.74) is 2.26. The van der Waals surface area contributed by atoms with Gasteiger partial charge in [-0.05, 0) is 58.1 Å². The molecule has 0 radical (unpaired) electrons. The van der Waals surface area contributed by atoms with Crippen LogP contribution in [0.15, 0.2) is 46.0 Å². The Balaban J connectivity index is 1.65. The van der Waals surface area contributed by atoms with E-state index in [1.54, 1.807) is 6.26 Å². The number of hydrogen-bond acceptors (Lipinski definition) is 5. The van der Waals surface area contributed by atoms with Gasteiger partial charge in [-0.3, -0.25) is 4.90 Å². The van der Waals surface area contributed by atoms with Crippen LogP contribution < -0.4 is 15.4 Å².